The minimum absolute atomic E-state index is 0.754. The molecule has 1 nitrogen and oxygen atoms in total. The van der Waals surface area contributed by atoms with Crippen LogP contribution < -0.4 is 0 Å². The van der Waals surface area contributed by atoms with Crippen LogP contribution in [0.5, 0.6) is 0 Å². The summed E-state index contributed by atoms with van der Waals surface area (Å²) in [5.74, 6) is 0. The van der Waals surface area contributed by atoms with Gasteiger partial charge >= 0.3 is 0 Å². The first-order valence-corrected chi connectivity index (χ1v) is 6.18. The van der Waals surface area contributed by atoms with E-state index in [0.29, 0.717) is 0 Å². The van der Waals surface area contributed by atoms with Crippen LogP contribution in [-0.2, 0) is 0 Å². The number of aryl methyl sites for hydroxylation is 2. The first-order chi connectivity index (χ1) is 7.61. The van der Waals surface area contributed by atoms with Crippen molar-refractivity contribution >= 4 is 29.2 Å². The Balaban J connectivity index is 2.58. The molecule has 0 radical (unpaired) electrons. The molecule has 1 aromatic heterocycles. The molecule has 2 rings (SSSR count). The smallest absolute Gasteiger partial charge is 0.150 e. The molecule has 1 heterocycles. The largest absolute Gasteiger partial charge is 0.298 e. The van der Waals surface area contributed by atoms with Crippen molar-refractivity contribution in [3.05, 3.63) is 45.3 Å². The lowest BCUT2D eigenvalue weighted by Gasteiger charge is -2.07. The molecule has 3 heteroatoms. The van der Waals surface area contributed by atoms with E-state index in [9.17, 15) is 4.79 Å². The molecular formula is C13H11ClOS. The van der Waals surface area contributed by atoms with Gasteiger partial charge in [-0.05, 0) is 48.7 Å². The maximum atomic E-state index is 10.8. The zero-order valence-electron chi connectivity index (χ0n) is 9.08. The third-order valence-corrected chi connectivity index (χ3v) is 3.88. The molecule has 0 bridgehead atoms. The minimum atomic E-state index is 0.754. The molecule has 0 N–H and O–H groups in total. The predicted octanol–water partition coefficient (Wildman–Crippen LogP) is 4.50. The van der Waals surface area contributed by atoms with Crippen LogP contribution in [0.2, 0.25) is 5.02 Å². The fourth-order valence-electron chi connectivity index (χ4n) is 1.69. The van der Waals surface area contributed by atoms with Crippen molar-refractivity contribution in [3.63, 3.8) is 0 Å². The fraction of sp³-hybridized carbons (Fsp3) is 0.154. The monoisotopic (exact) mass is 250 g/mol. The van der Waals surface area contributed by atoms with Crippen molar-refractivity contribution in [1.29, 1.82) is 0 Å². The zero-order valence-corrected chi connectivity index (χ0v) is 10.7. The molecule has 2 aromatic rings. The van der Waals surface area contributed by atoms with Gasteiger partial charge in [0.1, 0.15) is 6.29 Å². The van der Waals surface area contributed by atoms with Gasteiger partial charge < -0.3 is 0 Å². The quantitative estimate of drug-likeness (QED) is 0.718. The number of halogens is 1. The molecule has 0 aliphatic heterocycles. The van der Waals surface area contributed by atoms with E-state index in [1.807, 2.05) is 37.4 Å². The van der Waals surface area contributed by atoms with E-state index in [1.54, 1.807) is 11.3 Å². The second-order valence-electron chi connectivity index (χ2n) is 3.77. The SMILES string of the molecule is Cc1cc(-c2cc(Cl)cs2)c(C)cc1C=O. The lowest BCUT2D eigenvalue weighted by Crippen LogP contribution is -1.90. The normalized spacial score (nSPS) is 10.4. The van der Waals surface area contributed by atoms with Crippen LogP contribution in [0, 0.1) is 13.8 Å². The Hall–Kier alpha value is -1.12. The molecule has 0 unspecified atom stereocenters. The third-order valence-electron chi connectivity index (χ3n) is 2.57. The van der Waals surface area contributed by atoms with Gasteiger partial charge in [0.25, 0.3) is 0 Å². The van der Waals surface area contributed by atoms with Crippen LogP contribution >= 0.6 is 22.9 Å². The van der Waals surface area contributed by atoms with Gasteiger partial charge in [-0.15, -0.1) is 11.3 Å². The van der Waals surface area contributed by atoms with Crippen molar-refractivity contribution in [2.75, 3.05) is 0 Å². The molecule has 16 heavy (non-hydrogen) atoms. The van der Waals surface area contributed by atoms with Gasteiger partial charge in [-0.1, -0.05) is 11.6 Å². The van der Waals surface area contributed by atoms with Crippen LogP contribution in [0.3, 0.4) is 0 Å². The Bertz CT molecular complexity index is 543. The van der Waals surface area contributed by atoms with Crippen molar-refractivity contribution in [1.82, 2.24) is 0 Å². The summed E-state index contributed by atoms with van der Waals surface area (Å²) in [7, 11) is 0. The number of carbonyl (C=O) groups excluding carboxylic acids is 1. The highest BCUT2D eigenvalue weighted by molar-refractivity contribution is 7.14. The predicted molar refractivity (Wildman–Crippen MR) is 69.6 cm³/mol. The van der Waals surface area contributed by atoms with Crippen LogP contribution in [0.15, 0.2) is 23.6 Å². The van der Waals surface area contributed by atoms with Crippen molar-refractivity contribution < 1.29 is 4.79 Å². The van der Waals surface area contributed by atoms with Gasteiger partial charge in [0.15, 0.2) is 0 Å². The topological polar surface area (TPSA) is 17.1 Å². The maximum absolute atomic E-state index is 10.8. The van der Waals surface area contributed by atoms with Crippen LogP contribution in [0.1, 0.15) is 21.5 Å². The lowest BCUT2D eigenvalue weighted by molar-refractivity contribution is 0.112. The van der Waals surface area contributed by atoms with E-state index >= 15 is 0 Å². The Labute approximate surface area is 104 Å². The van der Waals surface area contributed by atoms with Crippen LogP contribution in [-0.4, -0.2) is 6.29 Å². The van der Waals surface area contributed by atoms with E-state index in [2.05, 4.69) is 0 Å². The molecule has 0 amide bonds. The fourth-order valence-corrected chi connectivity index (χ4v) is 2.84. The highest BCUT2D eigenvalue weighted by Gasteiger charge is 2.08. The standard InChI is InChI=1S/C13H11ClOS/c1-8-4-12(9(2)3-10(8)6-15)13-5-11(14)7-16-13/h3-7H,1-2H3. The van der Waals surface area contributed by atoms with E-state index < -0.39 is 0 Å². The summed E-state index contributed by atoms with van der Waals surface area (Å²) in [6.07, 6.45) is 0.896. The van der Waals surface area contributed by atoms with Gasteiger partial charge in [-0.25, -0.2) is 0 Å². The second kappa shape index (κ2) is 4.40. The average molecular weight is 251 g/mol. The van der Waals surface area contributed by atoms with Crippen molar-refractivity contribution in [3.8, 4) is 10.4 Å². The van der Waals surface area contributed by atoms with Gasteiger partial charge in [-0.3, -0.25) is 4.79 Å². The summed E-state index contributed by atoms with van der Waals surface area (Å²) >= 11 is 7.53. The first kappa shape index (κ1) is 11.4. The first-order valence-electron chi connectivity index (χ1n) is 4.92. The van der Waals surface area contributed by atoms with E-state index in [4.69, 9.17) is 11.6 Å². The highest BCUT2D eigenvalue weighted by atomic mass is 35.5. The number of benzene rings is 1. The molecule has 82 valence electrons. The minimum Gasteiger partial charge on any atom is -0.298 e. The number of rotatable bonds is 2. The molecule has 0 spiro atoms. The van der Waals surface area contributed by atoms with Crippen molar-refractivity contribution in [2.45, 2.75) is 13.8 Å². The molecule has 0 fully saturated rings. The van der Waals surface area contributed by atoms with Crippen LogP contribution in [0.4, 0.5) is 0 Å². The van der Waals surface area contributed by atoms with Crippen molar-refractivity contribution in [2.24, 2.45) is 0 Å². The average Bonchev–Trinajstić information content (AvgIpc) is 2.67. The summed E-state index contributed by atoms with van der Waals surface area (Å²) in [5.41, 5.74) is 4.01. The van der Waals surface area contributed by atoms with Crippen LogP contribution in [0.25, 0.3) is 10.4 Å². The second-order valence-corrected chi connectivity index (χ2v) is 5.12. The molecular weight excluding hydrogens is 240 g/mol. The van der Waals surface area contributed by atoms with E-state index in [-0.39, 0.29) is 0 Å². The summed E-state index contributed by atoms with van der Waals surface area (Å²) < 4.78 is 0. The Morgan fingerprint density at radius 3 is 2.50 bits per heavy atom. The molecule has 0 saturated carbocycles. The number of hydrogen-bond acceptors (Lipinski definition) is 2. The van der Waals surface area contributed by atoms with Gasteiger partial charge in [0.05, 0.1) is 5.02 Å². The molecule has 1 aromatic carbocycles. The Morgan fingerprint density at radius 2 is 1.94 bits per heavy atom. The molecule has 0 atom stereocenters. The van der Waals surface area contributed by atoms with Gasteiger partial charge in [0.2, 0.25) is 0 Å². The summed E-state index contributed by atoms with van der Waals surface area (Å²) in [6.45, 7) is 3.96. The van der Waals surface area contributed by atoms with Gasteiger partial charge in [0, 0.05) is 15.8 Å². The summed E-state index contributed by atoms with van der Waals surface area (Å²) in [4.78, 5) is 12.0. The lowest BCUT2D eigenvalue weighted by atomic mass is 10.00. The number of aldehydes is 1. The summed E-state index contributed by atoms with van der Waals surface area (Å²) in [5, 5.41) is 2.68. The molecule has 0 saturated heterocycles. The Kier molecular flexibility index (Phi) is 3.13. The maximum Gasteiger partial charge on any atom is 0.150 e. The van der Waals surface area contributed by atoms with E-state index in [1.165, 1.54) is 0 Å². The Morgan fingerprint density at radius 1 is 1.19 bits per heavy atom. The van der Waals surface area contributed by atoms with Gasteiger partial charge in [-0.2, -0.15) is 0 Å². The number of thiophene rings is 1. The third kappa shape index (κ3) is 2.04. The number of hydrogen-bond donors (Lipinski definition) is 0. The molecule has 0 aliphatic rings. The zero-order chi connectivity index (χ0) is 11.7. The molecule has 0 aliphatic carbocycles. The van der Waals surface area contributed by atoms with E-state index in [0.717, 1.165) is 38.4 Å². The number of carbonyl (C=O) groups is 1. The highest BCUT2D eigenvalue weighted by Crippen LogP contribution is 2.33. The summed E-state index contributed by atoms with van der Waals surface area (Å²) in [6, 6.07) is 5.92.